The number of nitrogens with zero attached hydrogens (tertiary/aromatic N) is 2. The van der Waals surface area contributed by atoms with Crippen molar-refractivity contribution in [3.8, 4) is 5.75 Å². The van der Waals surface area contributed by atoms with E-state index >= 15 is 0 Å². The van der Waals surface area contributed by atoms with Crippen LogP contribution in [0.3, 0.4) is 0 Å². The zero-order valence-electron chi connectivity index (χ0n) is 16.1. The van der Waals surface area contributed by atoms with Crippen LogP contribution in [-0.2, 0) is 4.79 Å². The van der Waals surface area contributed by atoms with Gasteiger partial charge in [-0.25, -0.2) is 0 Å². The second-order valence-electron chi connectivity index (χ2n) is 7.06. The lowest BCUT2D eigenvalue weighted by atomic mass is 9.98. The molecule has 0 saturated heterocycles. The van der Waals surface area contributed by atoms with E-state index in [1.165, 1.54) is 23.2 Å². The average molecular weight is 412 g/mol. The van der Waals surface area contributed by atoms with Crippen LogP contribution in [0, 0.1) is 0 Å². The van der Waals surface area contributed by atoms with Gasteiger partial charge in [-0.3, -0.25) is 19.5 Å². The van der Waals surface area contributed by atoms with Crippen molar-refractivity contribution in [2.45, 2.75) is 6.04 Å². The highest BCUT2D eigenvalue weighted by atomic mass is 16.3. The molecule has 2 aromatic heterocycles. The van der Waals surface area contributed by atoms with Crippen LogP contribution in [0.25, 0.3) is 11.0 Å². The number of phenolic OH excluding ortho intramolecular Hbond substituents is 1. The Bertz CT molecular complexity index is 1320. The van der Waals surface area contributed by atoms with Gasteiger partial charge < -0.3 is 14.6 Å². The molecule has 0 fully saturated rings. The van der Waals surface area contributed by atoms with E-state index in [1.54, 1.807) is 54.6 Å². The van der Waals surface area contributed by atoms with Crippen molar-refractivity contribution in [2.75, 3.05) is 4.90 Å². The van der Waals surface area contributed by atoms with Gasteiger partial charge in [0.05, 0.1) is 17.0 Å². The lowest BCUT2D eigenvalue weighted by Gasteiger charge is -2.26. The second-order valence-corrected chi connectivity index (χ2v) is 7.06. The Morgan fingerprint density at radius 1 is 0.968 bits per heavy atom. The fourth-order valence-electron chi connectivity index (χ4n) is 3.80. The van der Waals surface area contributed by atoms with Crippen LogP contribution >= 0.6 is 0 Å². The van der Waals surface area contributed by atoms with Gasteiger partial charge in [0.15, 0.2) is 11.5 Å². The number of aromatic hydroxyl groups is 1. The van der Waals surface area contributed by atoms with Crippen LogP contribution in [0.1, 0.15) is 22.3 Å². The van der Waals surface area contributed by atoms with Gasteiger partial charge in [0.1, 0.15) is 17.4 Å². The minimum atomic E-state index is -1.04. The van der Waals surface area contributed by atoms with Crippen LogP contribution in [0.2, 0.25) is 0 Å². The zero-order chi connectivity index (χ0) is 21.5. The number of phenols is 1. The van der Waals surface area contributed by atoms with Crippen LogP contribution < -0.4 is 4.90 Å². The Morgan fingerprint density at radius 3 is 2.45 bits per heavy atom. The summed E-state index contributed by atoms with van der Waals surface area (Å²) in [6.45, 7) is 0. The third kappa shape index (κ3) is 2.95. The maximum atomic E-state index is 13.4. The Morgan fingerprint density at radius 2 is 1.71 bits per heavy atom. The fraction of sp³-hybridized carbons (Fsp3) is 0.0417. The monoisotopic (exact) mass is 412 g/mol. The maximum absolute atomic E-state index is 13.4. The molecule has 0 aliphatic carbocycles. The van der Waals surface area contributed by atoms with Crippen molar-refractivity contribution in [3.63, 3.8) is 0 Å². The number of carbonyl (C=O) groups is 2. The third-order valence-electron chi connectivity index (χ3n) is 5.21. The van der Waals surface area contributed by atoms with Gasteiger partial charge in [-0.05, 0) is 36.4 Å². The second kappa shape index (κ2) is 7.14. The number of hydrogen-bond donors (Lipinski definition) is 2. The van der Waals surface area contributed by atoms with Crippen LogP contribution in [0.15, 0.2) is 94.7 Å². The first-order valence-corrected chi connectivity index (χ1v) is 9.55. The molecule has 2 aromatic carbocycles. The van der Waals surface area contributed by atoms with Gasteiger partial charge >= 0.3 is 0 Å². The smallest absolute Gasteiger partial charge is 0.294 e. The van der Waals surface area contributed by atoms with Crippen molar-refractivity contribution in [1.82, 2.24) is 4.98 Å². The first-order chi connectivity index (χ1) is 15.1. The number of Topliss-reactive ketones (excluding diaryl/α,β-unsaturated/α-hetero) is 1. The molecule has 1 aliphatic rings. The van der Waals surface area contributed by atoms with Crippen LogP contribution in [-0.4, -0.2) is 26.9 Å². The molecule has 0 radical (unpaired) electrons. The summed E-state index contributed by atoms with van der Waals surface area (Å²) in [5.41, 5.74) is 0.873. The molecule has 7 nitrogen and oxygen atoms in total. The molecule has 1 aliphatic heterocycles. The van der Waals surface area contributed by atoms with Gasteiger partial charge in [-0.1, -0.05) is 36.4 Å². The number of aliphatic hydroxyl groups is 1. The van der Waals surface area contributed by atoms with Crippen molar-refractivity contribution in [2.24, 2.45) is 0 Å². The summed E-state index contributed by atoms with van der Waals surface area (Å²) < 4.78 is 5.68. The maximum Gasteiger partial charge on any atom is 0.294 e. The number of furan rings is 1. The first kappa shape index (κ1) is 18.6. The Hall–Kier alpha value is -4.39. The first-order valence-electron chi connectivity index (χ1n) is 9.55. The number of hydrogen-bond acceptors (Lipinski definition) is 6. The predicted octanol–water partition coefficient (Wildman–Crippen LogP) is 4.32. The summed E-state index contributed by atoms with van der Waals surface area (Å²) in [6.07, 6.45) is 1.53. The van der Waals surface area contributed by atoms with Crippen LogP contribution in [0.5, 0.6) is 5.75 Å². The van der Waals surface area contributed by atoms with Gasteiger partial charge in [0.25, 0.3) is 5.91 Å². The Balaban J connectivity index is 1.68. The molecular formula is C24H16N2O5. The topological polar surface area (TPSA) is 104 Å². The number of benzene rings is 2. The number of ketones is 1. The molecule has 4 aromatic rings. The van der Waals surface area contributed by atoms with E-state index in [1.807, 2.05) is 6.07 Å². The predicted molar refractivity (Wildman–Crippen MR) is 113 cm³/mol. The van der Waals surface area contributed by atoms with Gasteiger partial charge in [-0.2, -0.15) is 0 Å². The van der Waals surface area contributed by atoms with Gasteiger partial charge in [0.2, 0.25) is 5.78 Å². The molecule has 0 saturated carbocycles. The lowest BCUT2D eigenvalue weighted by molar-refractivity contribution is -0.117. The molecule has 7 heteroatoms. The van der Waals surface area contributed by atoms with Crippen LogP contribution in [0.4, 0.5) is 5.69 Å². The number of para-hydroxylation sites is 3. The van der Waals surface area contributed by atoms with Crippen molar-refractivity contribution in [1.29, 1.82) is 0 Å². The van der Waals surface area contributed by atoms with Gasteiger partial charge in [-0.15, -0.1) is 0 Å². The standard InChI is InChI=1S/C24H16N2O5/c27-17-10-3-2-9-16(17)26-21(15-8-5-6-12-25-15)20(23(29)24(26)30)22(28)19-13-14-7-1-4-11-18(14)31-19/h1-13,21,27,29H. The van der Waals surface area contributed by atoms with E-state index in [0.29, 0.717) is 11.3 Å². The number of aromatic nitrogens is 1. The molecule has 1 amide bonds. The molecule has 5 rings (SSSR count). The van der Waals surface area contributed by atoms with E-state index in [4.69, 9.17) is 4.42 Å². The summed E-state index contributed by atoms with van der Waals surface area (Å²) in [7, 11) is 0. The molecule has 1 atom stereocenters. The normalized spacial score (nSPS) is 16.3. The average Bonchev–Trinajstić information content (AvgIpc) is 3.34. The number of pyridine rings is 1. The number of rotatable bonds is 4. The molecule has 3 heterocycles. The minimum absolute atomic E-state index is 0.00406. The summed E-state index contributed by atoms with van der Waals surface area (Å²) in [5.74, 6) is -2.31. The number of fused-ring (bicyclic) bond motifs is 1. The fourth-order valence-corrected chi connectivity index (χ4v) is 3.80. The number of anilines is 1. The number of amides is 1. The lowest BCUT2D eigenvalue weighted by Crippen LogP contribution is -2.31. The SMILES string of the molecule is O=C(C1=C(O)C(=O)N(c2ccccc2O)C1c1ccccn1)c1cc2ccccc2o1. The molecule has 0 bridgehead atoms. The van der Waals surface area contributed by atoms with E-state index in [2.05, 4.69) is 4.98 Å². The quantitative estimate of drug-likeness (QED) is 0.484. The van der Waals surface area contributed by atoms with E-state index in [0.717, 1.165) is 5.39 Å². The number of aliphatic hydroxyl groups excluding tert-OH is 1. The Kier molecular flexibility index (Phi) is 4.29. The number of carbonyl (C=O) groups excluding carboxylic acids is 2. The highest BCUT2D eigenvalue weighted by molar-refractivity contribution is 6.20. The highest BCUT2D eigenvalue weighted by Crippen LogP contribution is 2.44. The highest BCUT2D eigenvalue weighted by Gasteiger charge is 2.46. The molecule has 152 valence electrons. The van der Waals surface area contributed by atoms with Crippen molar-refractivity contribution < 1.29 is 24.2 Å². The van der Waals surface area contributed by atoms with Crippen molar-refractivity contribution >= 4 is 28.3 Å². The minimum Gasteiger partial charge on any atom is -0.506 e. The van der Waals surface area contributed by atoms with E-state index in [9.17, 15) is 19.8 Å². The molecule has 2 N–H and O–H groups in total. The largest absolute Gasteiger partial charge is 0.506 e. The summed E-state index contributed by atoms with van der Waals surface area (Å²) in [5, 5.41) is 21.8. The van der Waals surface area contributed by atoms with Gasteiger partial charge in [0, 0.05) is 11.6 Å². The van der Waals surface area contributed by atoms with E-state index in [-0.39, 0.29) is 22.8 Å². The van der Waals surface area contributed by atoms with E-state index < -0.39 is 23.5 Å². The molecular weight excluding hydrogens is 396 g/mol. The zero-order valence-corrected chi connectivity index (χ0v) is 16.1. The Labute approximate surface area is 176 Å². The molecule has 0 spiro atoms. The molecule has 1 unspecified atom stereocenters. The van der Waals surface area contributed by atoms with Crippen molar-refractivity contribution in [3.05, 3.63) is 102 Å². The summed E-state index contributed by atoms with van der Waals surface area (Å²) in [6, 6.07) is 18.9. The summed E-state index contributed by atoms with van der Waals surface area (Å²) in [4.78, 5) is 32.0. The summed E-state index contributed by atoms with van der Waals surface area (Å²) >= 11 is 0. The molecule has 31 heavy (non-hydrogen) atoms. The third-order valence-corrected chi connectivity index (χ3v) is 5.21.